The van der Waals surface area contributed by atoms with Crippen molar-refractivity contribution in [2.24, 2.45) is 0 Å². The first kappa shape index (κ1) is 16.4. The molecule has 1 rings (SSSR count). The van der Waals surface area contributed by atoms with Gasteiger partial charge in [-0.2, -0.15) is 0 Å². The second-order valence-corrected chi connectivity index (χ2v) is 7.56. The smallest absolute Gasteiger partial charge is 0.237 e. The van der Waals surface area contributed by atoms with Crippen LogP contribution in [0, 0.1) is 0 Å². The van der Waals surface area contributed by atoms with Crippen LogP contribution in [0.25, 0.3) is 0 Å². The number of hydrogen-bond donors (Lipinski definition) is 0. The summed E-state index contributed by atoms with van der Waals surface area (Å²) in [6, 6.07) is -0.123. The summed E-state index contributed by atoms with van der Waals surface area (Å²) in [6.45, 7) is 5.90. The highest BCUT2D eigenvalue weighted by Gasteiger charge is 2.33. The van der Waals surface area contributed by atoms with Crippen LogP contribution in [-0.2, 0) is 14.6 Å². The van der Waals surface area contributed by atoms with Crippen molar-refractivity contribution in [1.82, 2.24) is 9.80 Å². The molecule has 1 aliphatic rings. The molecule has 19 heavy (non-hydrogen) atoms. The summed E-state index contributed by atoms with van der Waals surface area (Å²) in [6.07, 6.45) is 2.77. The van der Waals surface area contributed by atoms with Crippen molar-refractivity contribution in [3.63, 3.8) is 0 Å². The second-order valence-electron chi connectivity index (χ2n) is 5.33. The Morgan fingerprint density at radius 2 is 2.00 bits per heavy atom. The van der Waals surface area contributed by atoms with E-state index in [4.69, 9.17) is 0 Å². The largest absolute Gasteiger partial charge is 0.338 e. The summed E-state index contributed by atoms with van der Waals surface area (Å²) in [5, 5.41) is 0. The molecule has 0 saturated carbocycles. The fraction of sp³-hybridized carbons (Fsp3) is 0.923. The molecular weight excluding hydrogens is 264 g/mol. The van der Waals surface area contributed by atoms with Gasteiger partial charge in [-0.05, 0) is 33.4 Å². The van der Waals surface area contributed by atoms with E-state index in [1.54, 1.807) is 4.90 Å². The van der Waals surface area contributed by atoms with Crippen molar-refractivity contribution in [2.45, 2.75) is 39.2 Å². The van der Waals surface area contributed by atoms with Crippen LogP contribution in [0.5, 0.6) is 0 Å². The monoisotopic (exact) mass is 290 g/mol. The van der Waals surface area contributed by atoms with Crippen molar-refractivity contribution < 1.29 is 13.2 Å². The standard InChI is InChI=1S/C13H26N2O3S/c1-4-6-8-14(3)10-13(16)15(5-2)12-7-9-19(17,18)11-12/h12H,4-11H2,1-3H3. The van der Waals surface area contributed by atoms with Crippen molar-refractivity contribution in [3.8, 4) is 0 Å². The van der Waals surface area contributed by atoms with E-state index in [0.29, 0.717) is 19.5 Å². The maximum atomic E-state index is 12.2. The van der Waals surface area contributed by atoms with E-state index in [2.05, 4.69) is 6.92 Å². The number of rotatable bonds is 7. The number of amides is 1. The van der Waals surface area contributed by atoms with Crippen LogP contribution in [0.3, 0.4) is 0 Å². The Kier molecular flexibility index (Phi) is 6.26. The molecule has 1 saturated heterocycles. The number of likely N-dealkylation sites (N-methyl/N-ethyl adjacent to an activating group) is 2. The molecule has 0 aromatic carbocycles. The van der Waals surface area contributed by atoms with Gasteiger partial charge in [-0.3, -0.25) is 9.69 Å². The number of unbranched alkanes of at least 4 members (excludes halogenated alkanes) is 1. The van der Waals surface area contributed by atoms with Crippen LogP contribution in [-0.4, -0.2) is 68.4 Å². The number of sulfone groups is 1. The molecule has 0 bridgehead atoms. The summed E-state index contributed by atoms with van der Waals surface area (Å²) in [7, 11) is -0.997. The summed E-state index contributed by atoms with van der Waals surface area (Å²) in [4.78, 5) is 16.0. The molecular formula is C13H26N2O3S. The van der Waals surface area contributed by atoms with Gasteiger partial charge in [-0.15, -0.1) is 0 Å². The van der Waals surface area contributed by atoms with E-state index < -0.39 is 9.84 Å². The Morgan fingerprint density at radius 1 is 1.32 bits per heavy atom. The van der Waals surface area contributed by atoms with Crippen LogP contribution in [0.15, 0.2) is 0 Å². The van der Waals surface area contributed by atoms with Gasteiger partial charge in [0.05, 0.1) is 18.1 Å². The van der Waals surface area contributed by atoms with Gasteiger partial charge in [-0.1, -0.05) is 13.3 Å². The number of hydrogen-bond acceptors (Lipinski definition) is 4. The van der Waals surface area contributed by atoms with Gasteiger partial charge in [-0.25, -0.2) is 8.42 Å². The molecule has 112 valence electrons. The molecule has 0 aromatic rings. The van der Waals surface area contributed by atoms with Crippen molar-refractivity contribution in [2.75, 3.05) is 38.2 Å². The average molecular weight is 290 g/mol. The summed E-state index contributed by atoms with van der Waals surface area (Å²) >= 11 is 0. The van der Waals surface area contributed by atoms with Crippen molar-refractivity contribution in [1.29, 1.82) is 0 Å². The van der Waals surface area contributed by atoms with Crippen LogP contribution < -0.4 is 0 Å². The Labute approximate surface area is 116 Å². The quantitative estimate of drug-likeness (QED) is 0.694. The Balaban J connectivity index is 2.53. The first-order valence-corrected chi connectivity index (χ1v) is 8.90. The topological polar surface area (TPSA) is 57.7 Å². The molecule has 0 aromatic heterocycles. The summed E-state index contributed by atoms with van der Waals surface area (Å²) in [5.41, 5.74) is 0. The van der Waals surface area contributed by atoms with Gasteiger partial charge < -0.3 is 4.90 Å². The number of carbonyl (C=O) groups excluding carboxylic acids is 1. The molecule has 5 nitrogen and oxygen atoms in total. The summed E-state index contributed by atoms with van der Waals surface area (Å²) in [5.74, 6) is 0.390. The lowest BCUT2D eigenvalue weighted by Gasteiger charge is -2.29. The van der Waals surface area contributed by atoms with Gasteiger partial charge in [0.15, 0.2) is 9.84 Å². The highest BCUT2D eigenvalue weighted by molar-refractivity contribution is 7.91. The third kappa shape index (κ3) is 5.10. The van der Waals surface area contributed by atoms with Crippen LogP contribution in [0.4, 0.5) is 0 Å². The fourth-order valence-electron chi connectivity index (χ4n) is 2.49. The Morgan fingerprint density at radius 3 is 2.47 bits per heavy atom. The Hall–Kier alpha value is -0.620. The van der Waals surface area contributed by atoms with Gasteiger partial charge in [0, 0.05) is 12.6 Å². The summed E-state index contributed by atoms with van der Waals surface area (Å²) < 4.78 is 23.0. The maximum absolute atomic E-state index is 12.2. The third-order valence-electron chi connectivity index (χ3n) is 3.61. The molecule has 0 spiro atoms. The fourth-order valence-corrected chi connectivity index (χ4v) is 4.22. The molecule has 1 amide bonds. The van der Waals surface area contributed by atoms with Gasteiger partial charge in [0.2, 0.25) is 5.91 Å². The first-order valence-electron chi connectivity index (χ1n) is 7.08. The highest BCUT2D eigenvalue weighted by atomic mass is 32.2. The molecule has 1 heterocycles. The van der Waals surface area contributed by atoms with E-state index in [0.717, 1.165) is 19.4 Å². The van der Waals surface area contributed by atoms with E-state index in [9.17, 15) is 13.2 Å². The molecule has 0 radical (unpaired) electrons. The number of nitrogens with zero attached hydrogens (tertiary/aromatic N) is 2. The van der Waals surface area contributed by atoms with E-state index in [1.165, 1.54) is 0 Å². The first-order chi connectivity index (χ1) is 8.89. The number of carbonyl (C=O) groups is 1. The highest BCUT2D eigenvalue weighted by Crippen LogP contribution is 2.17. The van der Waals surface area contributed by atoms with Crippen LogP contribution in [0.2, 0.25) is 0 Å². The van der Waals surface area contributed by atoms with Crippen LogP contribution >= 0.6 is 0 Å². The predicted molar refractivity (Wildman–Crippen MR) is 76.9 cm³/mol. The molecule has 0 N–H and O–H groups in total. The third-order valence-corrected chi connectivity index (χ3v) is 5.36. The molecule has 1 atom stereocenters. The van der Waals surface area contributed by atoms with E-state index >= 15 is 0 Å². The molecule has 1 aliphatic heterocycles. The molecule has 0 aliphatic carbocycles. The van der Waals surface area contributed by atoms with E-state index in [1.807, 2.05) is 18.9 Å². The van der Waals surface area contributed by atoms with Gasteiger partial charge in [0.1, 0.15) is 0 Å². The van der Waals surface area contributed by atoms with Crippen molar-refractivity contribution in [3.05, 3.63) is 0 Å². The van der Waals surface area contributed by atoms with E-state index in [-0.39, 0.29) is 23.5 Å². The predicted octanol–water partition coefficient (Wildman–Crippen LogP) is 0.754. The zero-order chi connectivity index (χ0) is 14.5. The SMILES string of the molecule is CCCCN(C)CC(=O)N(CC)C1CCS(=O)(=O)C1. The Bertz CT molecular complexity index is 395. The maximum Gasteiger partial charge on any atom is 0.237 e. The zero-order valence-corrected chi connectivity index (χ0v) is 13.1. The lowest BCUT2D eigenvalue weighted by Crippen LogP contribution is -2.45. The average Bonchev–Trinajstić information content (AvgIpc) is 2.67. The second kappa shape index (κ2) is 7.24. The minimum absolute atomic E-state index is 0.0446. The molecule has 6 heteroatoms. The zero-order valence-electron chi connectivity index (χ0n) is 12.3. The lowest BCUT2D eigenvalue weighted by molar-refractivity contribution is -0.133. The van der Waals surface area contributed by atoms with Crippen LogP contribution in [0.1, 0.15) is 33.1 Å². The van der Waals surface area contributed by atoms with Gasteiger partial charge in [0.25, 0.3) is 0 Å². The normalized spacial score (nSPS) is 21.8. The molecule has 1 unspecified atom stereocenters. The minimum atomic E-state index is -2.93. The minimum Gasteiger partial charge on any atom is -0.338 e. The lowest BCUT2D eigenvalue weighted by atomic mass is 10.2. The van der Waals surface area contributed by atoms with Gasteiger partial charge >= 0.3 is 0 Å². The van der Waals surface area contributed by atoms with Crippen molar-refractivity contribution >= 4 is 15.7 Å². The molecule has 1 fully saturated rings.